The molecular formula is C14H27N3O3S. The summed E-state index contributed by atoms with van der Waals surface area (Å²) < 4.78 is 26.8. The maximum atomic E-state index is 12.7. The molecule has 3 N–H and O–H groups in total. The first-order chi connectivity index (χ1) is 9.99. The summed E-state index contributed by atoms with van der Waals surface area (Å²) in [4.78, 5) is 11.3. The minimum Gasteiger partial charge on any atom is -0.369 e. The number of nitrogens with zero attached hydrogens (tertiary/aromatic N) is 1. The lowest BCUT2D eigenvalue weighted by Gasteiger charge is -2.34. The fourth-order valence-corrected chi connectivity index (χ4v) is 5.56. The molecule has 0 atom stereocenters. The van der Waals surface area contributed by atoms with Crippen molar-refractivity contribution in [2.45, 2.75) is 51.0 Å². The van der Waals surface area contributed by atoms with Crippen molar-refractivity contribution in [2.24, 2.45) is 11.7 Å². The molecule has 122 valence electrons. The van der Waals surface area contributed by atoms with E-state index in [1.54, 1.807) is 0 Å². The third-order valence-corrected chi connectivity index (χ3v) is 6.59. The first-order valence-corrected chi connectivity index (χ1v) is 9.58. The molecule has 0 aromatic carbocycles. The summed E-state index contributed by atoms with van der Waals surface area (Å²) in [6.45, 7) is 1.40. The number of hydrogen-bond donors (Lipinski definition) is 2. The van der Waals surface area contributed by atoms with Gasteiger partial charge in [0.2, 0.25) is 15.9 Å². The lowest BCUT2D eigenvalue weighted by molar-refractivity contribution is -0.118. The van der Waals surface area contributed by atoms with Crippen LogP contribution in [0.4, 0.5) is 0 Å². The first-order valence-electron chi connectivity index (χ1n) is 7.97. The maximum Gasteiger partial charge on any atom is 0.232 e. The van der Waals surface area contributed by atoms with Crippen LogP contribution in [-0.4, -0.2) is 50.1 Å². The number of carbonyl (C=O) groups is 1. The Balaban J connectivity index is 2.07. The number of hydrogen-bond acceptors (Lipinski definition) is 4. The molecule has 0 radical (unpaired) electrons. The van der Waals surface area contributed by atoms with Crippen molar-refractivity contribution < 1.29 is 13.2 Å². The van der Waals surface area contributed by atoms with Crippen LogP contribution in [0.5, 0.6) is 0 Å². The Hall–Kier alpha value is -0.660. The fourth-order valence-electron chi connectivity index (χ4n) is 3.45. The SMILES string of the molecule is NC(=O)CN(C1CCNCC1)S(=O)(=O)CC1CCCCC1. The molecule has 7 heteroatoms. The highest BCUT2D eigenvalue weighted by Gasteiger charge is 2.34. The summed E-state index contributed by atoms with van der Waals surface area (Å²) in [5.74, 6) is -0.161. The minimum atomic E-state index is -3.41. The van der Waals surface area contributed by atoms with Gasteiger partial charge in [-0.3, -0.25) is 4.79 Å². The standard InChI is InChI=1S/C14H27N3O3S/c15-14(18)10-17(13-6-8-16-9-7-13)21(19,20)11-12-4-2-1-3-5-12/h12-13,16H,1-11H2,(H2,15,18). The smallest absolute Gasteiger partial charge is 0.232 e. The second-order valence-electron chi connectivity index (χ2n) is 6.28. The highest BCUT2D eigenvalue weighted by molar-refractivity contribution is 7.89. The molecule has 2 fully saturated rings. The summed E-state index contributed by atoms with van der Waals surface area (Å²) in [5.41, 5.74) is 5.27. The zero-order chi connectivity index (χ0) is 15.3. The fraction of sp³-hybridized carbons (Fsp3) is 0.929. The molecule has 1 aliphatic carbocycles. The molecule has 2 aliphatic rings. The number of amides is 1. The van der Waals surface area contributed by atoms with Crippen LogP contribution < -0.4 is 11.1 Å². The van der Waals surface area contributed by atoms with E-state index in [1.165, 1.54) is 10.7 Å². The van der Waals surface area contributed by atoms with Crippen LogP contribution in [0.1, 0.15) is 44.9 Å². The van der Waals surface area contributed by atoms with Crippen LogP contribution in [0.3, 0.4) is 0 Å². The summed E-state index contributed by atoms with van der Waals surface area (Å²) in [6, 6.07) is -0.0904. The van der Waals surface area contributed by atoms with Crippen molar-refractivity contribution in [3.05, 3.63) is 0 Å². The average molecular weight is 317 g/mol. The quantitative estimate of drug-likeness (QED) is 0.743. The number of carbonyl (C=O) groups excluding carboxylic acids is 1. The molecule has 2 rings (SSSR count). The van der Waals surface area contributed by atoms with Crippen LogP contribution in [0.15, 0.2) is 0 Å². The average Bonchev–Trinajstić information content (AvgIpc) is 2.46. The van der Waals surface area contributed by atoms with Gasteiger partial charge in [-0.1, -0.05) is 19.3 Å². The van der Waals surface area contributed by atoms with Crippen LogP contribution in [0.25, 0.3) is 0 Å². The normalized spacial score (nSPS) is 22.5. The Labute approximate surface area is 127 Å². The van der Waals surface area contributed by atoms with Crippen molar-refractivity contribution in [3.8, 4) is 0 Å². The summed E-state index contributed by atoms with van der Waals surface area (Å²) in [7, 11) is -3.41. The molecule has 0 unspecified atom stereocenters. The third kappa shape index (κ3) is 4.93. The molecule has 1 amide bonds. The van der Waals surface area contributed by atoms with Crippen LogP contribution in [-0.2, 0) is 14.8 Å². The van der Waals surface area contributed by atoms with Gasteiger partial charge in [0.25, 0.3) is 0 Å². The van der Waals surface area contributed by atoms with Crippen LogP contribution in [0.2, 0.25) is 0 Å². The molecule has 1 saturated carbocycles. The van der Waals surface area contributed by atoms with Gasteiger partial charge in [0.05, 0.1) is 12.3 Å². The lowest BCUT2D eigenvalue weighted by atomic mass is 9.91. The Morgan fingerprint density at radius 1 is 1.10 bits per heavy atom. The van der Waals surface area contributed by atoms with Gasteiger partial charge in [0.1, 0.15) is 0 Å². The highest BCUT2D eigenvalue weighted by Crippen LogP contribution is 2.27. The topological polar surface area (TPSA) is 92.5 Å². The lowest BCUT2D eigenvalue weighted by Crippen LogP contribution is -2.50. The highest BCUT2D eigenvalue weighted by atomic mass is 32.2. The van der Waals surface area contributed by atoms with Gasteiger partial charge in [0.15, 0.2) is 0 Å². The summed E-state index contributed by atoms with van der Waals surface area (Å²) >= 11 is 0. The molecule has 1 saturated heterocycles. The number of nitrogens with two attached hydrogens (primary N) is 1. The molecule has 0 aromatic heterocycles. The van der Waals surface area contributed by atoms with Gasteiger partial charge < -0.3 is 11.1 Å². The molecule has 1 heterocycles. The zero-order valence-corrected chi connectivity index (χ0v) is 13.4. The van der Waals surface area contributed by atoms with Gasteiger partial charge in [-0.15, -0.1) is 0 Å². The van der Waals surface area contributed by atoms with E-state index in [2.05, 4.69) is 5.32 Å². The van der Waals surface area contributed by atoms with E-state index in [0.29, 0.717) is 0 Å². The van der Waals surface area contributed by atoms with Crippen molar-refractivity contribution in [1.29, 1.82) is 0 Å². The number of sulfonamides is 1. The van der Waals surface area contributed by atoms with Crippen molar-refractivity contribution in [1.82, 2.24) is 9.62 Å². The van der Waals surface area contributed by atoms with Crippen LogP contribution >= 0.6 is 0 Å². The molecule has 0 spiro atoms. The Bertz CT molecular complexity index is 440. The molecule has 6 nitrogen and oxygen atoms in total. The first kappa shape index (κ1) is 16.7. The van der Waals surface area contributed by atoms with E-state index in [9.17, 15) is 13.2 Å². The molecule has 0 bridgehead atoms. The second-order valence-corrected chi connectivity index (χ2v) is 8.24. The Morgan fingerprint density at radius 3 is 2.29 bits per heavy atom. The van der Waals surface area contributed by atoms with Gasteiger partial charge in [-0.25, -0.2) is 8.42 Å². The van der Waals surface area contributed by atoms with Crippen molar-refractivity contribution in [2.75, 3.05) is 25.4 Å². The molecule has 0 aromatic rings. The van der Waals surface area contributed by atoms with Gasteiger partial charge >= 0.3 is 0 Å². The molecule has 21 heavy (non-hydrogen) atoms. The van der Waals surface area contributed by atoms with E-state index >= 15 is 0 Å². The van der Waals surface area contributed by atoms with E-state index < -0.39 is 15.9 Å². The summed E-state index contributed by atoms with van der Waals surface area (Å²) in [6.07, 6.45) is 6.89. The predicted octanol–water partition coefficient (Wildman–Crippen LogP) is 0.436. The largest absolute Gasteiger partial charge is 0.369 e. The monoisotopic (exact) mass is 317 g/mol. The predicted molar refractivity (Wildman–Crippen MR) is 82.2 cm³/mol. The number of nitrogens with one attached hydrogen (secondary N) is 1. The Morgan fingerprint density at radius 2 is 1.71 bits per heavy atom. The van der Waals surface area contributed by atoms with Crippen molar-refractivity contribution >= 4 is 15.9 Å². The van der Waals surface area contributed by atoms with Crippen LogP contribution in [0, 0.1) is 5.92 Å². The van der Waals surface area contributed by atoms with Gasteiger partial charge in [0, 0.05) is 6.04 Å². The maximum absolute atomic E-state index is 12.7. The van der Waals surface area contributed by atoms with Gasteiger partial charge in [-0.05, 0) is 44.7 Å². The second kappa shape index (κ2) is 7.56. The Kier molecular flexibility index (Phi) is 6.01. The molecule has 1 aliphatic heterocycles. The van der Waals surface area contributed by atoms with E-state index in [1.807, 2.05) is 0 Å². The van der Waals surface area contributed by atoms with E-state index in [4.69, 9.17) is 5.73 Å². The van der Waals surface area contributed by atoms with Gasteiger partial charge in [-0.2, -0.15) is 4.31 Å². The zero-order valence-electron chi connectivity index (χ0n) is 12.6. The molecular weight excluding hydrogens is 290 g/mol. The van der Waals surface area contributed by atoms with Crippen molar-refractivity contribution in [3.63, 3.8) is 0 Å². The third-order valence-electron chi connectivity index (χ3n) is 4.56. The number of primary amides is 1. The summed E-state index contributed by atoms with van der Waals surface area (Å²) in [5, 5.41) is 3.22. The number of rotatable bonds is 6. The minimum absolute atomic E-state index is 0.0904. The number of piperidine rings is 1. The van der Waals surface area contributed by atoms with E-state index in [0.717, 1.165) is 51.6 Å². The van der Waals surface area contributed by atoms with E-state index in [-0.39, 0.29) is 24.3 Å².